The van der Waals surface area contributed by atoms with Gasteiger partial charge in [-0.05, 0) is 24.6 Å². The third kappa shape index (κ3) is 3.69. The zero-order chi connectivity index (χ0) is 18.7. The van der Waals surface area contributed by atoms with Crippen molar-refractivity contribution in [2.45, 2.75) is 19.6 Å². The zero-order valence-corrected chi connectivity index (χ0v) is 14.8. The lowest BCUT2D eigenvalue weighted by Crippen LogP contribution is -2.58. The van der Waals surface area contributed by atoms with Crippen LogP contribution in [0.1, 0.15) is 12.5 Å². The van der Waals surface area contributed by atoms with E-state index < -0.39 is 29.7 Å². The molecule has 0 bridgehead atoms. The number of urea groups is 1. The Balaban J connectivity index is 2.20. The van der Waals surface area contributed by atoms with Gasteiger partial charge in [0.1, 0.15) is 0 Å². The van der Waals surface area contributed by atoms with Crippen molar-refractivity contribution in [3.05, 3.63) is 29.8 Å². The van der Waals surface area contributed by atoms with Crippen molar-refractivity contribution in [1.29, 1.82) is 0 Å². The van der Waals surface area contributed by atoms with E-state index in [0.717, 1.165) is 20.7 Å². The largest absolute Gasteiger partial charge is 0.445 e. The summed E-state index contributed by atoms with van der Waals surface area (Å²) in [5.74, 6) is -2.25. The number of nitrogens with zero attached hydrogens (tertiary/aromatic N) is 2. The molecule has 1 aromatic rings. The Labute approximate surface area is 146 Å². The number of benzene rings is 1. The molecule has 1 aromatic carbocycles. The summed E-state index contributed by atoms with van der Waals surface area (Å²) in [5.41, 5.74) is 7.56. The third-order valence-electron chi connectivity index (χ3n) is 4.17. The van der Waals surface area contributed by atoms with Crippen molar-refractivity contribution in [2.24, 2.45) is 11.7 Å². The van der Waals surface area contributed by atoms with E-state index in [1.165, 1.54) is 14.1 Å². The fourth-order valence-electron chi connectivity index (χ4n) is 2.70. The van der Waals surface area contributed by atoms with E-state index in [0.29, 0.717) is 6.61 Å². The summed E-state index contributed by atoms with van der Waals surface area (Å²) in [7, 11) is 4.38. The smallest absolute Gasteiger partial charge is 0.380 e. The monoisotopic (exact) mass is 347 g/mol. The number of anilines is 1. The Morgan fingerprint density at radius 3 is 2.76 bits per heavy atom. The zero-order valence-electron chi connectivity index (χ0n) is 14.8. The normalized spacial score (nSPS) is 19.2. The number of imide groups is 1. The molecule has 0 saturated carbocycles. The van der Waals surface area contributed by atoms with Crippen molar-refractivity contribution >= 4 is 29.2 Å². The number of nitrogens with one attached hydrogen (secondary N) is 1. The van der Waals surface area contributed by atoms with E-state index in [1.807, 2.05) is 24.3 Å². The van der Waals surface area contributed by atoms with Crippen LogP contribution < -0.4 is 11.1 Å². The highest BCUT2D eigenvalue weighted by molar-refractivity contribution is 6.23. The molecule has 8 nitrogen and oxygen atoms in total. The van der Waals surface area contributed by atoms with Gasteiger partial charge in [0.05, 0.1) is 26.7 Å². The highest BCUT2D eigenvalue weighted by atomic mass is 16.5. The highest BCUT2D eigenvalue weighted by Gasteiger charge is 2.47. The molecule has 0 spiro atoms. The lowest BCUT2D eigenvalue weighted by Gasteiger charge is -2.25. The van der Waals surface area contributed by atoms with Gasteiger partial charge in [-0.3, -0.25) is 9.59 Å². The minimum atomic E-state index is -1.18. The maximum Gasteiger partial charge on any atom is 0.445 e. The standard InChI is InChI=1S/C17H22N4O4/c1-10(19-12-7-5-6-11(8-12)9-25-4)14(22)13-15(18)20(2)17(24)21(3)16(13)23/h5-8,10,13,18-19H,9H2,1-4H3/p+1. The average molecular weight is 347 g/mol. The molecule has 25 heavy (non-hydrogen) atoms. The summed E-state index contributed by atoms with van der Waals surface area (Å²) >= 11 is 0. The SMILES string of the molecule is COCc1cccc(NC(C)C(=O)C2C(=O)N(C)C(=O)[N+](C)=C2N)c1. The molecule has 0 aromatic heterocycles. The first-order chi connectivity index (χ1) is 11.8. The van der Waals surface area contributed by atoms with Crippen LogP contribution in [0.25, 0.3) is 0 Å². The highest BCUT2D eigenvalue weighted by Crippen LogP contribution is 2.17. The predicted octanol–water partition coefficient (Wildman–Crippen LogP) is 0.410. The molecule has 2 rings (SSSR count). The van der Waals surface area contributed by atoms with Crippen molar-refractivity contribution in [3.8, 4) is 0 Å². The van der Waals surface area contributed by atoms with Crippen LogP contribution in [0.5, 0.6) is 0 Å². The number of hydrogen-bond acceptors (Lipinski definition) is 6. The molecule has 0 fully saturated rings. The van der Waals surface area contributed by atoms with Gasteiger partial charge in [0.2, 0.25) is 5.84 Å². The molecule has 1 aliphatic rings. The van der Waals surface area contributed by atoms with Gasteiger partial charge >= 0.3 is 11.9 Å². The van der Waals surface area contributed by atoms with Crippen LogP contribution in [0.4, 0.5) is 10.5 Å². The van der Waals surface area contributed by atoms with Crippen LogP contribution in [0.3, 0.4) is 0 Å². The van der Waals surface area contributed by atoms with Crippen LogP contribution in [0.15, 0.2) is 24.3 Å². The quantitative estimate of drug-likeness (QED) is 0.570. The number of amidine groups is 1. The van der Waals surface area contributed by atoms with E-state index >= 15 is 0 Å². The Morgan fingerprint density at radius 1 is 1.44 bits per heavy atom. The van der Waals surface area contributed by atoms with E-state index in [9.17, 15) is 14.4 Å². The average Bonchev–Trinajstić information content (AvgIpc) is 2.59. The van der Waals surface area contributed by atoms with Gasteiger partial charge < -0.3 is 15.8 Å². The molecular formula is C17H23N4O4+. The van der Waals surface area contributed by atoms with E-state index in [4.69, 9.17) is 10.5 Å². The van der Waals surface area contributed by atoms with Gasteiger partial charge in [-0.15, -0.1) is 0 Å². The fraction of sp³-hybridized carbons (Fsp3) is 0.412. The van der Waals surface area contributed by atoms with Crippen LogP contribution in [0.2, 0.25) is 0 Å². The Hall–Kier alpha value is -2.74. The second kappa shape index (κ2) is 7.43. The van der Waals surface area contributed by atoms with Crippen molar-refractivity contribution in [2.75, 3.05) is 26.5 Å². The number of carbonyl (C=O) groups excluding carboxylic acids is 3. The number of rotatable bonds is 6. The number of ketones is 1. The van der Waals surface area contributed by atoms with Gasteiger partial charge in [-0.25, -0.2) is 9.37 Å². The maximum absolute atomic E-state index is 12.8. The Kier molecular flexibility index (Phi) is 5.53. The summed E-state index contributed by atoms with van der Waals surface area (Å²) < 4.78 is 6.21. The number of methoxy groups -OCH3 is 1. The van der Waals surface area contributed by atoms with Crippen molar-refractivity contribution in [3.63, 3.8) is 0 Å². The predicted molar refractivity (Wildman–Crippen MR) is 92.3 cm³/mol. The van der Waals surface area contributed by atoms with E-state index in [-0.39, 0.29) is 5.84 Å². The number of Topliss-reactive ketones (excluding diaryl/α,β-unsaturated/α-hetero) is 1. The van der Waals surface area contributed by atoms with Gasteiger partial charge in [0.25, 0.3) is 0 Å². The lowest BCUT2D eigenvalue weighted by molar-refractivity contribution is -0.407. The van der Waals surface area contributed by atoms with Gasteiger partial charge in [-0.1, -0.05) is 12.1 Å². The molecule has 3 amide bonds. The van der Waals surface area contributed by atoms with Gasteiger partial charge in [0.15, 0.2) is 11.7 Å². The summed E-state index contributed by atoms with van der Waals surface area (Å²) in [5, 5.41) is 3.07. The Morgan fingerprint density at radius 2 is 2.12 bits per heavy atom. The number of carbonyl (C=O) groups is 3. The molecule has 0 aliphatic carbocycles. The number of hydrogen-bond donors (Lipinski definition) is 2. The number of ether oxygens (including phenoxy) is 1. The van der Waals surface area contributed by atoms with Crippen LogP contribution in [-0.2, 0) is 20.9 Å². The first-order valence-corrected chi connectivity index (χ1v) is 7.83. The minimum Gasteiger partial charge on any atom is -0.380 e. The molecule has 2 atom stereocenters. The summed E-state index contributed by atoms with van der Waals surface area (Å²) in [4.78, 5) is 37.9. The number of amides is 3. The molecule has 1 aliphatic heterocycles. The summed E-state index contributed by atoms with van der Waals surface area (Å²) in [6, 6.07) is 6.22. The van der Waals surface area contributed by atoms with Gasteiger partial charge in [-0.2, -0.15) is 4.90 Å². The second-order valence-electron chi connectivity index (χ2n) is 6.00. The molecule has 0 saturated heterocycles. The number of nitrogens with two attached hydrogens (primary N) is 1. The first kappa shape index (κ1) is 18.6. The summed E-state index contributed by atoms with van der Waals surface area (Å²) in [6.45, 7) is 2.11. The second-order valence-corrected chi connectivity index (χ2v) is 6.00. The van der Waals surface area contributed by atoms with E-state index in [1.54, 1.807) is 14.0 Å². The molecule has 1 heterocycles. The van der Waals surface area contributed by atoms with Crippen LogP contribution in [-0.4, -0.2) is 60.3 Å². The molecule has 0 radical (unpaired) electrons. The third-order valence-corrected chi connectivity index (χ3v) is 4.17. The molecule has 8 heteroatoms. The molecule has 3 N–H and O–H groups in total. The first-order valence-electron chi connectivity index (χ1n) is 7.83. The molecule has 2 unspecified atom stereocenters. The fourth-order valence-corrected chi connectivity index (χ4v) is 2.70. The topological polar surface area (TPSA) is 105 Å². The van der Waals surface area contributed by atoms with Crippen LogP contribution in [0, 0.1) is 5.92 Å². The lowest BCUT2D eigenvalue weighted by atomic mass is 9.94. The Bertz CT molecular complexity index is 744. The van der Waals surface area contributed by atoms with Crippen molar-refractivity contribution < 1.29 is 23.7 Å². The van der Waals surface area contributed by atoms with Crippen molar-refractivity contribution in [1.82, 2.24) is 4.90 Å². The molecule has 134 valence electrons. The van der Waals surface area contributed by atoms with E-state index in [2.05, 4.69) is 5.32 Å². The minimum absolute atomic E-state index is 0.0557. The maximum atomic E-state index is 12.8. The van der Waals surface area contributed by atoms with Crippen LogP contribution >= 0.6 is 0 Å². The summed E-state index contributed by atoms with van der Waals surface area (Å²) in [6.07, 6.45) is 0. The molecular weight excluding hydrogens is 324 g/mol. The van der Waals surface area contributed by atoms with Gasteiger partial charge in [0, 0.05) is 12.8 Å².